The zero-order chi connectivity index (χ0) is 33.9. The molecule has 15 heteroatoms. The number of benzene rings is 4. The van der Waals surface area contributed by atoms with Crippen molar-refractivity contribution in [3.05, 3.63) is 130 Å². The predicted octanol–water partition coefficient (Wildman–Crippen LogP) is 6.69. The van der Waals surface area contributed by atoms with E-state index in [2.05, 4.69) is 20.8 Å². The van der Waals surface area contributed by atoms with Crippen LogP contribution < -0.4 is 5.32 Å². The van der Waals surface area contributed by atoms with E-state index in [1.54, 1.807) is 28.9 Å². The Bertz CT molecular complexity index is 1890. The Kier molecular flexibility index (Phi) is 9.82. The van der Waals surface area contributed by atoms with Crippen molar-refractivity contribution in [1.82, 2.24) is 20.2 Å². The number of tetrazole rings is 1. The van der Waals surface area contributed by atoms with E-state index in [-0.39, 0.29) is 24.3 Å². The molecule has 48 heavy (non-hydrogen) atoms. The zero-order valence-electron chi connectivity index (χ0n) is 25.0. The Labute approximate surface area is 274 Å². The van der Waals surface area contributed by atoms with Crippen LogP contribution in [0.15, 0.2) is 84.0 Å². The van der Waals surface area contributed by atoms with Crippen molar-refractivity contribution in [2.45, 2.75) is 37.2 Å². The summed E-state index contributed by atoms with van der Waals surface area (Å²) in [6.45, 7) is 1.87. The number of carbonyl (C=O) groups is 1. The van der Waals surface area contributed by atoms with E-state index in [1.165, 1.54) is 23.9 Å². The number of carbonyl (C=O) groups excluding carboxylic acids is 1. The maximum Gasteiger partial charge on any atom is 0.261 e. The number of rotatable bonds is 9. The number of para-hydroxylation sites is 1. The minimum atomic E-state index is -2.36. The fourth-order valence-electron chi connectivity index (χ4n) is 5.19. The van der Waals surface area contributed by atoms with Gasteiger partial charge in [-0.25, -0.2) is 22.0 Å². The first kappa shape index (κ1) is 33.2. The second-order valence-electron chi connectivity index (χ2n) is 10.9. The fraction of sp³-hybridized carbons (Fsp3) is 0.212. The van der Waals surface area contributed by atoms with Gasteiger partial charge < -0.3 is 19.9 Å². The van der Waals surface area contributed by atoms with Gasteiger partial charge in [0, 0.05) is 22.9 Å². The minimum absolute atomic E-state index is 0.0212. The van der Waals surface area contributed by atoms with Gasteiger partial charge in [-0.2, -0.15) is 4.68 Å². The maximum atomic E-state index is 14.2. The van der Waals surface area contributed by atoms with Crippen LogP contribution in [0.25, 0.3) is 5.69 Å². The Morgan fingerprint density at radius 2 is 1.48 bits per heavy atom. The average molecular weight is 684 g/mol. The topological polar surface area (TPSA) is 111 Å². The predicted molar refractivity (Wildman–Crippen MR) is 163 cm³/mol. The van der Waals surface area contributed by atoms with E-state index in [9.17, 15) is 31.9 Å². The molecule has 9 nitrogen and oxygen atoms in total. The highest BCUT2D eigenvalue weighted by atomic mass is 32.2. The maximum absolute atomic E-state index is 14.2. The van der Waals surface area contributed by atoms with Crippen molar-refractivity contribution in [1.29, 1.82) is 0 Å². The molecule has 1 fully saturated rings. The van der Waals surface area contributed by atoms with Gasteiger partial charge in [-0.05, 0) is 45.8 Å². The van der Waals surface area contributed by atoms with Crippen molar-refractivity contribution in [2.75, 3.05) is 11.1 Å². The van der Waals surface area contributed by atoms with Crippen LogP contribution in [-0.2, 0) is 16.1 Å². The summed E-state index contributed by atoms with van der Waals surface area (Å²) in [6, 6.07) is 22.6. The van der Waals surface area contributed by atoms with Gasteiger partial charge in [0.05, 0.1) is 24.5 Å². The van der Waals surface area contributed by atoms with Gasteiger partial charge in [-0.1, -0.05) is 73.3 Å². The minimum Gasteiger partial charge on any atom is -0.392 e. The highest BCUT2D eigenvalue weighted by molar-refractivity contribution is 7.99. The lowest BCUT2D eigenvalue weighted by Gasteiger charge is -2.41. The van der Waals surface area contributed by atoms with Crippen LogP contribution in [0.3, 0.4) is 0 Å². The SMILES string of the molecule is CC1C(CSc2nnnn2-c2ccccc2)OC(c2ccc(NC(=O)c3c(F)c(F)c(F)c(F)c3F)cc2)OC1c1ccc(CO)cc1. The average Bonchev–Trinajstić information content (AvgIpc) is 3.59. The molecule has 2 N–H and O–H groups in total. The molecule has 1 aliphatic heterocycles. The third kappa shape index (κ3) is 6.67. The summed E-state index contributed by atoms with van der Waals surface area (Å²) in [5.41, 5.74) is 1.32. The zero-order valence-corrected chi connectivity index (χ0v) is 25.8. The normalized spacial score (nSPS) is 19.3. The Hall–Kier alpha value is -4.70. The number of thioether (sulfide) groups is 1. The number of hydrogen-bond donors (Lipinski definition) is 2. The van der Waals surface area contributed by atoms with Gasteiger partial charge in [0.2, 0.25) is 11.0 Å². The van der Waals surface area contributed by atoms with E-state index in [0.717, 1.165) is 16.8 Å². The molecule has 1 saturated heterocycles. The van der Waals surface area contributed by atoms with Crippen molar-refractivity contribution in [3.8, 4) is 5.69 Å². The number of anilines is 1. The summed E-state index contributed by atoms with van der Waals surface area (Å²) in [4.78, 5) is 12.5. The second-order valence-corrected chi connectivity index (χ2v) is 11.8. The summed E-state index contributed by atoms with van der Waals surface area (Å²) in [6.07, 6.45) is -1.73. The molecular formula is C33H26F5N5O4S. The van der Waals surface area contributed by atoms with Crippen LogP contribution in [-0.4, -0.2) is 43.1 Å². The third-order valence-electron chi connectivity index (χ3n) is 7.82. The van der Waals surface area contributed by atoms with Gasteiger partial charge in [0.1, 0.15) is 5.56 Å². The Morgan fingerprint density at radius 1 is 0.854 bits per heavy atom. The fourth-order valence-corrected chi connectivity index (χ4v) is 6.24. The molecule has 0 radical (unpaired) electrons. The number of nitrogens with zero attached hydrogens (tertiary/aromatic N) is 4. The summed E-state index contributed by atoms with van der Waals surface area (Å²) >= 11 is 1.40. The van der Waals surface area contributed by atoms with Crippen molar-refractivity contribution in [2.24, 2.45) is 5.92 Å². The molecule has 1 aliphatic rings. The van der Waals surface area contributed by atoms with Crippen molar-refractivity contribution >= 4 is 23.4 Å². The van der Waals surface area contributed by atoms with Crippen LogP contribution in [0.4, 0.5) is 27.6 Å². The van der Waals surface area contributed by atoms with Gasteiger partial charge in [-0.3, -0.25) is 4.79 Å². The number of hydrogen-bond acceptors (Lipinski definition) is 8. The largest absolute Gasteiger partial charge is 0.392 e. The van der Waals surface area contributed by atoms with Crippen LogP contribution >= 0.6 is 11.8 Å². The molecule has 4 atom stereocenters. The lowest BCUT2D eigenvalue weighted by molar-refractivity contribution is -0.268. The number of nitrogens with one attached hydrogen (secondary N) is 1. The van der Waals surface area contributed by atoms with Gasteiger partial charge >= 0.3 is 0 Å². The highest BCUT2D eigenvalue weighted by Gasteiger charge is 2.39. The van der Waals surface area contributed by atoms with Crippen LogP contribution in [0.2, 0.25) is 0 Å². The smallest absolute Gasteiger partial charge is 0.261 e. The van der Waals surface area contributed by atoms with Gasteiger partial charge in [0.15, 0.2) is 29.6 Å². The van der Waals surface area contributed by atoms with E-state index in [1.807, 2.05) is 49.4 Å². The molecule has 0 spiro atoms. The first-order valence-electron chi connectivity index (χ1n) is 14.6. The molecule has 0 bridgehead atoms. The molecule has 248 valence electrons. The number of halogens is 5. The van der Waals surface area contributed by atoms with E-state index < -0.39 is 53.0 Å². The number of amides is 1. The quantitative estimate of drug-likeness (QED) is 0.0766. The molecule has 1 amide bonds. The van der Waals surface area contributed by atoms with E-state index in [0.29, 0.717) is 16.5 Å². The van der Waals surface area contributed by atoms with Crippen LogP contribution in [0.1, 0.15) is 46.4 Å². The molecule has 0 saturated carbocycles. The first-order chi connectivity index (χ1) is 23.2. The summed E-state index contributed by atoms with van der Waals surface area (Å²) in [5.74, 6) is -12.5. The van der Waals surface area contributed by atoms with Crippen LogP contribution in [0, 0.1) is 35.0 Å². The molecule has 6 rings (SSSR count). The highest BCUT2D eigenvalue weighted by Crippen LogP contribution is 2.43. The third-order valence-corrected chi connectivity index (χ3v) is 8.83. The van der Waals surface area contributed by atoms with Crippen LogP contribution in [0.5, 0.6) is 0 Å². The second kappa shape index (κ2) is 14.2. The van der Waals surface area contributed by atoms with E-state index in [4.69, 9.17) is 9.47 Å². The van der Waals surface area contributed by atoms with Gasteiger partial charge in [0.25, 0.3) is 5.91 Å². The van der Waals surface area contributed by atoms with Gasteiger partial charge in [-0.15, -0.1) is 5.10 Å². The number of aliphatic hydroxyl groups excluding tert-OH is 1. The summed E-state index contributed by atoms with van der Waals surface area (Å²) in [7, 11) is 0. The molecule has 4 unspecified atom stereocenters. The lowest BCUT2D eigenvalue weighted by Crippen LogP contribution is -2.38. The molecule has 2 heterocycles. The molecule has 0 aliphatic carbocycles. The Morgan fingerprint density at radius 3 is 2.12 bits per heavy atom. The molecule has 1 aromatic heterocycles. The first-order valence-corrected chi connectivity index (χ1v) is 15.5. The molecule has 5 aromatic rings. The Balaban J connectivity index is 1.23. The standard InChI is InChI=1S/C33H26F5N5O4S/c1-17-23(16-48-33-40-41-42-43(33)22-5-3-2-4-6-22)46-32(47-30(17)19-9-7-18(15-44)8-10-19)20-11-13-21(14-12-20)39-31(45)24-25(34)27(36)29(38)28(37)26(24)35/h2-14,17,23,30,32,44H,15-16H2,1H3,(H,39,45). The number of aliphatic hydroxyl groups is 1. The van der Waals surface area contributed by atoms with Crippen molar-refractivity contribution in [3.63, 3.8) is 0 Å². The molecule has 4 aromatic carbocycles. The molecular weight excluding hydrogens is 657 g/mol. The summed E-state index contributed by atoms with van der Waals surface area (Å²) in [5, 5.41) is 24.3. The lowest BCUT2D eigenvalue weighted by atomic mass is 9.91. The monoisotopic (exact) mass is 683 g/mol. The number of ether oxygens (including phenoxy) is 2. The van der Waals surface area contributed by atoms with Crippen molar-refractivity contribution < 1.29 is 41.3 Å². The number of aromatic nitrogens is 4. The summed E-state index contributed by atoms with van der Waals surface area (Å²) < 4.78 is 83.5. The van der Waals surface area contributed by atoms with E-state index >= 15 is 0 Å².